The molecule has 1 aliphatic rings. The van der Waals surface area contributed by atoms with Gasteiger partial charge in [0, 0.05) is 12.0 Å². The first kappa shape index (κ1) is 13.6. The van der Waals surface area contributed by atoms with Crippen molar-refractivity contribution in [3.63, 3.8) is 0 Å². The smallest absolute Gasteiger partial charge is 0.331 e. The summed E-state index contributed by atoms with van der Waals surface area (Å²) in [6.45, 7) is 7.14. The number of esters is 1. The third kappa shape index (κ3) is 3.23. The van der Waals surface area contributed by atoms with E-state index < -0.39 is 11.6 Å². The Hall–Kier alpha value is -1.49. The number of ether oxygens (including phenoxy) is 1. The average molecular weight is 232 g/mol. The van der Waals surface area contributed by atoms with Crippen molar-refractivity contribution in [1.82, 2.24) is 0 Å². The molecule has 1 saturated carbocycles. The van der Waals surface area contributed by atoms with Gasteiger partial charge in [-0.25, -0.2) is 4.79 Å². The molecule has 1 fully saturated rings. The lowest BCUT2D eigenvalue weighted by molar-refractivity contribution is -0.155. The number of hydrogen-bond donors (Lipinski definition) is 0. The third-order valence-electron chi connectivity index (χ3n) is 3.42. The van der Waals surface area contributed by atoms with Gasteiger partial charge in [-0.3, -0.25) is 0 Å². The van der Waals surface area contributed by atoms with E-state index in [0.29, 0.717) is 0 Å². The number of allylic oxidation sites excluding steroid dienone is 1. The molecule has 0 saturated heterocycles. The van der Waals surface area contributed by atoms with E-state index in [9.17, 15) is 4.79 Å². The third-order valence-corrected chi connectivity index (χ3v) is 3.42. The van der Waals surface area contributed by atoms with Gasteiger partial charge in [0.25, 0.3) is 0 Å². The summed E-state index contributed by atoms with van der Waals surface area (Å²) in [5.74, 6) is 2.53. The highest BCUT2D eigenvalue weighted by Gasteiger charge is 2.41. The zero-order valence-electron chi connectivity index (χ0n) is 10.3. The van der Waals surface area contributed by atoms with Crippen molar-refractivity contribution in [2.24, 2.45) is 5.92 Å². The molecule has 0 bridgehead atoms. The predicted molar refractivity (Wildman–Crippen MR) is 69.2 cm³/mol. The van der Waals surface area contributed by atoms with E-state index in [4.69, 9.17) is 11.2 Å². The van der Waals surface area contributed by atoms with E-state index in [0.717, 1.165) is 38.5 Å². The SMILES string of the molecule is C#C[C@@]1(OC(=O)C=C)CCCC[C@@H]1CCC=C. The summed E-state index contributed by atoms with van der Waals surface area (Å²) in [7, 11) is 0. The number of rotatable bonds is 5. The number of hydrogen-bond acceptors (Lipinski definition) is 2. The standard InChI is InChI=1S/C15H20O2/c1-4-7-10-13-11-8-9-12-15(13,6-3)17-14(16)5-2/h3-5,13H,1-2,7-12H2/t13-,15+/m0/s1. The van der Waals surface area contributed by atoms with Gasteiger partial charge in [0.1, 0.15) is 0 Å². The number of carbonyl (C=O) groups is 1. The van der Waals surface area contributed by atoms with E-state index in [2.05, 4.69) is 19.1 Å². The normalized spacial score (nSPS) is 27.8. The van der Waals surface area contributed by atoms with Crippen molar-refractivity contribution in [3.8, 4) is 12.3 Å². The van der Waals surface area contributed by atoms with E-state index in [1.165, 1.54) is 6.08 Å². The molecule has 0 unspecified atom stereocenters. The van der Waals surface area contributed by atoms with Crippen LogP contribution in [0.1, 0.15) is 38.5 Å². The molecule has 1 rings (SSSR count). The second kappa shape index (κ2) is 6.30. The maximum absolute atomic E-state index is 11.4. The molecule has 2 atom stereocenters. The molecule has 17 heavy (non-hydrogen) atoms. The molecule has 0 aliphatic heterocycles. The van der Waals surface area contributed by atoms with Gasteiger partial charge >= 0.3 is 5.97 Å². The monoisotopic (exact) mass is 232 g/mol. The minimum atomic E-state index is -0.730. The molecule has 0 aromatic heterocycles. The van der Waals surface area contributed by atoms with E-state index in [1.807, 2.05) is 6.08 Å². The van der Waals surface area contributed by atoms with Crippen LogP contribution in [0, 0.1) is 18.3 Å². The Balaban J connectivity index is 2.82. The summed E-state index contributed by atoms with van der Waals surface area (Å²) in [5.41, 5.74) is -0.730. The first-order valence-electron chi connectivity index (χ1n) is 6.12. The summed E-state index contributed by atoms with van der Waals surface area (Å²) in [5, 5.41) is 0. The molecular weight excluding hydrogens is 212 g/mol. The van der Waals surface area contributed by atoms with Gasteiger partial charge in [-0.05, 0) is 32.1 Å². The number of carbonyl (C=O) groups excluding carboxylic acids is 1. The van der Waals surface area contributed by atoms with Gasteiger partial charge in [0.2, 0.25) is 0 Å². The molecule has 0 aromatic carbocycles. The van der Waals surface area contributed by atoms with E-state index >= 15 is 0 Å². The highest BCUT2D eigenvalue weighted by atomic mass is 16.6. The van der Waals surface area contributed by atoms with Crippen molar-refractivity contribution in [2.45, 2.75) is 44.1 Å². The lowest BCUT2D eigenvalue weighted by Crippen LogP contribution is -2.43. The van der Waals surface area contributed by atoms with Crippen LogP contribution in [0.3, 0.4) is 0 Å². The molecular formula is C15H20O2. The average Bonchev–Trinajstić information content (AvgIpc) is 2.37. The van der Waals surface area contributed by atoms with Crippen LogP contribution < -0.4 is 0 Å². The van der Waals surface area contributed by atoms with Crippen LogP contribution in [0.4, 0.5) is 0 Å². The largest absolute Gasteiger partial charge is 0.442 e. The molecule has 2 nitrogen and oxygen atoms in total. The van der Waals surface area contributed by atoms with Gasteiger partial charge in [0.15, 0.2) is 5.60 Å². The van der Waals surface area contributed by atoms with Crippen LogP contribution >= 0.6 is 0 Å². The van der Waals surface area contributed by atoms with Gasteiger partial charge < -0.3 is 4.74 Å². The minimum Gasteiger partial charge on any atom is -0.442 e. The quantitative estimate of drug-likeness (QED) is 0.315. The van der Waals surface area contributed by atoms with E-state index in [1.54, 1.807) is 0 Å². The maximum atomic E-state index is 11.4. The second-order valence-electron chi connectivity index (χ2n) is 4.47. The Labute approximate surface area is 104 Å². The fourth-order valence-electron chi connectivity index (χ4n) is 2.49. The van der Waals surface area contributed by atoms with Crippen LogP contribution in [0.15, 0.2) is 25.3 Å². The van der Waals surface area contributed by atoms with Crippen molar-refractivity contribution in [3.05, 3.63) is 25.3 Å². The molecule has 0 amide bonds. The lowest BCUT2D eigenvalue weighted by Gasteiger charge is -2.39. The van der Waals surface area contributed by atoms with Crippen molar-refractivity contribution in [1.29, 1.82) is 0 Å². The van der Waals surface area contributed by atoms with E-state index in [-0.39, 0.29) is 5.92 Å². The van der Waals surface area contributed by atoms with Crippen molar-refractivity contribution in [2.75, 3.05) is 0 Å². The van der Waals surface area contributed by atoms with Crippen molar-refractivity contribution < 1.29 is 9.53 Å². The zero-order chi connectivity index (χ0) is 12.7. The molecule has 0 N–H and O–H groups in total. The second-order valence-corrected chi connectivity index (χ2v) is 4.47. The molecule has 2 heteroatoms. The Morgan fingerprint density at radius 1 is 1.53 bits per heavy atom. The topological polar surface area (TPSA) is 26.3 Å². The summed E-state index contributed by atoms with van der Waals surface area (Å²) < 4.78 is 5.46. The Bertz CT molecular complexity index is 337. The molecule has 0 radical (unpaired) electrons. The summed E-state index contributed by atoms with van der Waals surface area (Å²) in [4.78, 5) is 11.4. The summed E-state index contributed by atoms with van der Waals surface area (Å²) in [6.07, 6.45) is 14.4. The summed E-state index contributed by atoms with van der Waals surface area (Å²) >= 11 is 0. The van der Waals surface area contributed by atoms with Crippen LogP contribution in [0.5, 0.6) is 0 Å². The lowest BCUT2D eigenvalue weighted by atomic mass is 9.73. The maximum Gasteiger partial charge on any atom is 0.331 e. The number of terminal acetylenes is 1. The van der Waals surface area contributed by atoms with Gasteiger partial charge in [-0.1, -0.05) is 25.0 Å². The Morgan fingerprint density at radius 3 is 2.88 bits per heavy atom. The molecule has 0 aromatic rings. The zero-order valence-corrected chi connectivity index (χ0v) is 10.3. The van der Waals surface area contributed by atoms with Gasteiger partial charge in [-0.2, -0.15) is 0 Å². The molecule has 92 valence electrons. The van der Waals surface area contributed by atoms with Crippen LogP contribution in [0.2, 0.25) is 0 Å². The first-order chi connectivity index (χ1) is 8.18. The predicted octanol–water partition coefficient (Wildman–Crippen LogP) is 3.24. The minimum absolute atomic E-state index is 0.239. The van der Waals surface area contributed by atoms with Crippen LogP contribution in [-0.2, 0) is 9.53 Å². The Morgan fingerprint density at radius 2 is 2.29 bits per heavy atom. The molecule has 1 aliphatic carbocycles. The van der Waals surface area contributed by atoms with Gasteiger partial charge in [-0.15, -0.1) is 13.0 Å². The van der Waals surface area contributed by atoms with Crippen molar-refractivity contribution >= 4 is 5.97 Å². The fourth-order valence-corrected chi connectivity index (χ4v) is 2.49. The molecule has 0 heterocycles. The molecule has 0 spiro atoms. The van der Waals surface area contributed by atoms with Crippen LogP contribution in [-0.4, -0.2) is 11.6 Å². The van der Waals surface area contributed by atoms with Gasteiger partial charge in [0.05, 0.1) is 0 Å². The fraction of sp³-hybridized carbons (Fsp3) is 0.533. The highest BCUT2D eigenvalue weighted by Crippen LogP contribution is 2.39. The Kier molecular flexibility index (Phi) is 5.03. The first-order valence-corrected chi connectivity index (χ1v) is 6.12. The van der Waals surface area contributed by atoms with Crippen LogP contribution in [0.25, 0.3) is 0 Å². The highest BCUT2D eigenvalue weighted by molar-refractivity contribution is 5.81. The summed E-state index contributed by atoms with van der Waals surface area (Å²) in [6, 6.07) is 0.